The summed E-state index contributed by atoms with van der Waals surface area (Å²) in [6, 6.07) is 9.75. The van der Waals surface area contributed by atoms with Gasteiger partial charge in [-0.2, -0.15) is 0 Å². The summed E-state index contributed by atoms with van der Waals surface area (Å²) in [5.74, 6) is -0.0944. The zero-order chi connectivity index (χ0) is 13.3. The minimum absolute atomic E-state index is 0.0944. The van der Waals surface area contributed by atoms with Gasteiger partial charge in [0.15, 0.2) is 0 Å². The van der Waals surface area contributed by atoms with Crippen LogP contribution in [-0.2, 0) is 0 Å². The van der Waals surface area contributed by atoms with Crippen LogP contribution in [0.5, 0.6) is 0 Å². The topological polar surface area (TPSA) is 54.0 Å². The maximum absolute atomic E-state index is 12.4. The van der Waals surface area contributed by atoms with E-state index in [-0.39, 0.29) is 11.4 Å². The molecule has 0 bridgehead atoms. The van der Waals surface area contributed by atoms with E-state index in [0.717, 1.165) is 30.3 Å². The van der Waals surface area contributed by atoms with Gasteiger partial charge in [0.05, 0.1) is 5.54 Å². The van der Waals surface area contributed by atoms with Crippen LogP contribution in [0.3, 0.4) is 0 Å². The van der Waals surface area contributed by atoms with Crippen LogP contribution in [-0.4, -0.2) is 29.5 Å². The maximum Gasteiger partial charge on any atom is 0.270 e. The lowest BCUT2D eigenvalue weighted by Crippen LogP contribution is -2.47. The Morgan fingerprint density at radius 1 is 1.37 bits per heavy atom. The average Bonchev–Trinajstić information content (AvgIpc) is 2.84. The number of nitrogens with one attached hydrogen (secondary N) is 2. The van der Waals surface area contributed by atoms with Crippen molar-refractivity contribution >= 4 is 16.7 Å². The summed E-state index contributed by atoms with van der Waals surface area (Å²) in [4.78, 5) is 16.7. The van der Waals surface area contributed by atoms with E-state index in [1.807, 2.05) is 30.3 Å². The summed E-state index contributed by atoms with van der Waals surface area (Å²) in [5, 5.41) is 8.31. The van der Waals surface area contributed by atoms with Crippen LogP contribution in [0, 0.1) is 0 Å². The Morgan fingerprint density at radius 2 is 2.21 bits per heavy atom. The highest BCUT2D eigenvalue weighted by molar-refractivity contribution is 6.05. The number of amides is 1. The van der Waals surface area contributed by atoms with E-state index in [4.69, 9.17) is 0 Å². The van der Waals surface area contributed by atoms with Gasteiger partial charge in [0.1, 0.15) is 5.69 Å². The molecule has 0 aliphatic carbocycles. The van der Waals surface area contributed by atoms with Crippen molar-refractivity contribution < 1.29 is 4.79 Å². The van der Waals surface area contributed by atoms with Gasteiger partial charge in [-0.1, -0.05) is 24.3 Å². The van der Waals surface area contributed by atoms with Gasteiger partial charge in [0.2, 0.25) is 0 Å². The van der Waals surface area contributed by atoms with Crippen molar-refractivity contribution in [2.24, 2.45) is 0 Å². The first-order valence-corrected chi connectivity index (χ1v) is 6.55. The smallest absolute Gasteiger partial charge is 0.270 e. The Balaban J connectivity index is 1.93. The zero-order valence-electron chi connectivity index (χ0n) is 10.9. The molecule has 2 N–H and O–H groups in total. The Kier molecular flexibility index (Phi) is 2.95. The molecule has 1 saturated heterocycles. The number of carbonyl (C=O) groups excluding carboxylic acids is 1. The molecule has 98 valence electrons. The lowest BCUT2D eigenvalue weighted by atomic mass is 10.0. The highest BCUT2D eigenvalue weighted by Gasteiger charge is 2.31. The number of hydrogen-bond acceptors (Lipinski definition) is 3. The molecule has 4 heteroatoms. The standard InChI is InChI=1S/C15H17N3O/c1-15(7-9-16-10-15)18-14(19)13-12-5-3-2-4-11(12)6-8-17-13/h2-6,8,16H,7,9-10H2,1H3,(H,18,19). The third-order valence-electron chi connectivity index (χ3n) is 3.67. The third-order valence-corrected chi connectivity index (χ3v) is 3.67. The summed E-state index contributed by atoms with van der Waals surface area (Å²) in [5.41, 5.74) is 0.335. The summed E-state index contributed by atoms with van der Waals surface area (Å²) in [6.07, 6.45) is 2.63. The van der Waals surface area contributed by atoms with Gasteiger partial charge >= 0.3 is 0 Å². The van der Waals surface area contributed by atoms with Gasteiger partial charge in [-0.3, -0.25) is 9.78 Å². The van der Waals surface area contributed by atoms with Crippen molar-refractivity contribution in [1.29, 1.82) is 0 Å². The van der Waals surface area contributed by atoms with Gasteiger partial charge < -0.3 is 10.6 Å². The first-order valence-electron chi connectivity index (χ1n) is 6.55. The van der Waals surface area contributed by atoms with E-state index in [9.17, 15) is 4.79 Å². The molecule has 1 atom stereocenters. The van der Waals surface area contributed by atoms with E-state index in [2.05, 4.69) is 22.5 Å². The highest BCUT2D eigenvalue weighted by atomic mass is 16.2. The molecule has 4 nitrogen and oxygen atoms in total. The minimum atomic E-state index is -0.171. The fraction of sp³-hybridized carbons (Fsp3) is 0.333. The molecule has 3 rings (SSSR count). The number of aromatic nitrogens is 1. The van der Waals surface area contributed by atoms with E-state index in [0.29, 0.717) is 5.69 Å². The number of rotatable bonds is 2. The van der Waals surface area contributed by atoms with Crippen LogP contribution in [0.15, 0.2) is 36.5 Å². The number of carbonyl (C=O) groups is 1. The quantitative estimate of drug-likeness (QED) is 0.859. The van der Waals surface area contributed by atoms with E-state index < -0.39 is 0 Å². The molecule has 1 aliphatic heterocycles. The number of hydrogen-bond donors (Lipinski definition) is 2. The number of fused-ring (bicyclic) bond motifs is 1. The van der Waals surface area contributed by atoms with Gasteiger partial charge in [0.25, 0.3) is 5.91 Å². The monoisotopic (exact) mass is 255 g/mol. The number of benzene rings is 1. The van der Waals surface area contributed by atoms with Crippen LogP contribution < -0.4 is 10.6 Å². The van der Waals surface area contributed by atoms with Crippen molar-refractivity contribution in [3.63, 3.8) is 0 Å². The summed E-state index contributed by atoms with van der Waals surface area (Å²) < 4.78 is 0. The van der Waals surface area contributed by atoms with Crippen LogP contribution in [0.4, 0.5) is 0 Å². The van der Waals surface area contributed by atoms with E-state index in [1.165, 1.54) is 0 Å². The Hall–Kier alpha value is -1.94. The molecule has 1 aromatic heterocycles. The van der Waals surface area contributed by atoms with Crippen molar-refractivity contribution in [2.45, 2.75) is 18.9 Å². The van der Waals surface area contributed by atoms with Crippen molar-refractivity contribution in [3.8, 4) is 0 Å². The highest BCUT2D eigenvalue weighted by Crippen LogP contribution is 2.18. The van der Waals surface area contributed by atoms with Crippen molar-refractivity contribution in [2.75, 3.05) is 13.1 Å². The second-order valence-electron chi connectivity index (χ2n) is 5.32. The van der Waals surface area contributed by atoms with Gasteiger partial charge in [-0.25, -0.2) is 0 Å². The molecular formula is C15H17N3O. The van der Waals surface area contributed by atoms with Crippen LogP contribution >= 0.6 is 0 Å². The fourth-order valence-corrected chi connectivity index (χ4v) is 2.56. The van der Waals surface area contributed by atoms with Crippen LogP contribution in [0.2, 0.25) is 0 Å². The van der Waals surface area contributed by atoms with Crippen LogP contribution in [0.1, 0.15) is 23.8 Å². The Bertz CT molecular complexity index is 612. The molecule has 0 spiro atoms. The Labute approximate surface area is 112 Å². The summed E-state index contributed by atoms with van der Waals surface area (Å²) >= 11 is 0. The maximum atomic E-state index is 12.4. The molecule has 0 radical (unpaired) electrons. The van der Waals surface area contributed by atoms with Crippen molar-refractivity contribution in [3.05, 3.63) is 42.2 Å². The van der Waals surface area contributed by atoms with Gasteiger partial charge in [-0.05, 0) is 31.3 Å². The largest absolute Gasteiger partial charge is 0.344 e. The number of nitrogens with zero attached hydrogens (tertiary/aromatic N) is 1. The van der Waals surface area contributed by atoms with Gasteiger partial charge in [0, 0.05) is 18.1 Å². The minimum Gasteiger partial charge on any atom is -0.344 e. The predicted octanol–water partition coefficient (Wildman–Crippen LogP) is 1.72. The first-order chi connectivity index (χ1) is 9.18. The molecule has 1 aromatic carbocycles. The molecule has 19 heavy (non-hydrogen) atoms. The molecule has 0 saturated carbocycles. The second-order valence-corrected chi connectivity index (χ2v) is 5.32. The molecule has 1 aliphatic rings. The number of pyridine rings is 1. The lowest BCUT2D eigenvalue weighted by molar-refractivity contribution is 0.0910. The van der Waals surface area contributed by atoms with Crippen molar-refractivity contribution in [1.82, 2.24) is 15.6 Å². The molecular weight excluding hydrogens is 238 g/mol. The first kappa shape index (κ1) is 12.1. The second kappa shape index (κ2) is 4.63. The third kappa shape index (κ3) is 2.31. The summed E-state index contributed by atoms with van der Waals surface area (Å²) in [7, 11) is 0. The predicted molar refractivity (Wildman–Crippen MR) is 75.1 cm³/mol. The van der Waals surface area contributed by atoms with Crippen LogP contribution in [0.25, 0.3) is 10.8 Å². The Morgan fingerprint density at radius 3 is 3.00 bits per heavy atom. The average molecular weight is 255 g/mol. The fourth-order valence-electron chi connectivity index (χ4n) is 2.56. The normalized spacial score (nSPS) is 22.6. The molecule has 1 fully saturated rings. The molecule has 2 heterocycles. The van der Waals surface area contributed by atoms with E-state index in [1.54, 1.807) is 6.20 Å². The SMILES string of the molecule is CC1(NC(=O)c2nccc3ccccc23)CCNC1. The zero-order valence-corrected chi connectivity index (χ0v) is 10.9. The molecule has 1 unspecified atom stereocenters. The molecule has 1 amide bonds. The van der Waals surface area contributed by atoms with Gasteiger partial charge in [-0.15, -0.1) is 0 Å². The van der Waals surface area contributed by atoms with E-state index >= 15 is 0 Å². The lowest BCUT2D eigenvalue weighted by Gasteiger charge is -2.24. The molecule has 2 aromatic rings. The summed E-state index contributed by atoms with van der Waals surface area (Å²) in [6.45, 7) is 3.82.